The molecule has 0 radical (unpaired) electrons. The van der Waals surface area contributed by atoms with Crippen molar-refractivity contribution < 1.29 is 4.42 Å². The van der Waals surface area contributed by atoms with Crippen LogP contribution in [0.5, 0.6) is 0 Å². The fraction of sp³-hybridized carbons (Fsp3) is 0.550. The molecule has 1 unspecified atom stereocenters. The van der Waals surface area contributed by atoms with E-state index in [0.29, 0.717) is 11.0 Å². The lowest BCUT2D eigenvalue weighted by Gasteiger charge is -2.40. The normalized spacial score (nSPS) is 24.9. The van der Waals surface area contributed by atoms with Gasteiger partial charge in [-0.05, 0) is 67.4 Å². The zero-order valence-electron chi connectivity index (χ0n) is 14.4. The number of hydrogen-bond donors (Lipinski definition) is 1. The van der Waals surface area contributed by atoms with E-state index in [1.54, 1.807) is 6.07 Å². The Morgan fingerprint density at radius 1 is 1.29 bits per heavy atom. The molecule has 2 aromatic rings. The Hall–Kier alpha value is -1.65. The van der Waals surface area contributed by atoms with Gasteiger partial charge in [0, 0.05) is 31.1 Å². The summed E-state index contributed by atoms with van der Waals surface area (Å²) in [5, 5.41) is 4.62. The zero-order valence-corrected chi connectivity index (χ0v) is 14.4. The fourth-order valence-corrected chi connectivity index (χ4v) is 4.46. The first-order chi connectivity index (χ1) is 11.7. The highest BCUT2D eigenvalue weighted by Gasteiger charge is 2.37. The van der Waals surface area contributed by atoms with Crippen LogP contribution in [-0.2, 0) is 13.0 Å². The molecule has 4 rings (SSSR count). The van der Waals surface area contributed by atoms with E-state index in [1.165, 1.54) is 24.8 Å². The Kier molecular flexibility index (Phi) is 4.19. The van der Waals surface area contributed by atoms with Gasteiger partial charge in [0.2, 0.25) is 0 Å². The summed E-state index contributed by atoms with van der Waals surface area (Å²) in [6.45, 7) is 7.54. The van der Waals surface area contributed by atoms with Gasteiger partial charge in [-0.2, -0.15) is 0 Å². The summed E-state index contributed by atoms with van der Waals surface area (Å²) in [5.74, 6) is 0. The van der Waals surface area contributed by atoms with Crippen molar-refractivity contribution in [1.29, 1.82) is 0 Å². The highest BCUT2D eigenvalue weighted by atomic mass is 16.4. The van der Waals surface area contributed by atoms with Gasteiger partial charge in [0.25, 0.3) is 0 Å². The van der Waals surface area contributed by atoms with E-state index in [4.69, 9.17) is 4.42 Å². The molecule has 4 heteroatoms. The maximum Gasteiger partial charge on any atom is 0.336 e. The minimum absolute atomic E-state index is 0.240. The Morgan fingerprint density at radius 3 is 3.00 bits per heavy atom. The predicted molar refractivity (Wildman–Crippen MR) is 96.3 cm³/mol. The van der Waals surface area contributed by atoms with E-state index in [2.05, 4.69) is 29.3 Å². The molecule has 3 heterocycles. The Balaban J connectivity index is 1.64. The summed E-state index contributed by atoms with van der Waals surface area (Å²) in [7, 11) is 0. The quantitative estimate of drug-likeness (QED) is 0.881. The predicted octanol–water partition coefficient (Wildman–Crippen LogP) is 2.93. The SMILES string of the molecule is CCc1ccc2oc(=O)cc(CN3CCCC4(CCNC4)C3)c2c1. The molecule has 1 atom stereocenters. The first kappa shape index (κ1) is 15.9. The van der Waals surface area contributed by atoms with E-state index in [9.17, 15) is 4.79 Å². The van der Waals surface area contributed by atoms with Gasteiger partial charge in [0.1, 0.15) is 5.58 Å². The van der Waals surface area contributed by atoms with Crippen LogP contribution in [0.25, 0.3) is 11.0 Å². The third-order valence-corrected chi connectivity index (χ3v) is 5.77. The van der Waals surface area contributed by atoms with Crippen molar-refractivity contribution in [3.05, 3.63) is 45.8 Å². The van der Waals surface area contributed by atoms with Crippen LogP contribution in [-0.4, -0.2) is 31.1 Å². The highest BCUT2D eigenvalue weighted by Crippen LogP contribution is 2.36. The molecule has 0 amide bonds. The maximum absolute atomic E-state index is 12.0. The van der Waals surface area contributed by atoms with Gasteiger partial charge in [0.15, 0.2) is 0 Å². The Labute approximate surface area is 142 Å². The van der Waals surface area contributed by atoms with E-state index < -0.39 is 0 Å². The van der Waals surface area contributed by atoms with E-state index in [0.717, 1.165) is 50.1 Å². The molecule has 0 bridgehead atoms. The molecular weight excluding hydrogens is 300 g/mol. The lowest BCUT2D eigenvalue weighted by Crippen LogP contribution is -2.44. The standard InChI is InChI=1S/C20H26N2O2/c1-2-15-4-5-18-17(10-15)16(11-19(23)24-18)12-22-9-3-6-20(14-22)7-8-21-13-20/h4-5,10-11,21H,2-3,6-9,12-14H2,1H3. The first-order valence-corrected chi connectivity index (χ1v) is 9.16. The third-order valence-electron chi connectivity index (χ3n) is 5.77. The average molecular weight is 326 g/mol. The van der Waals surface area contributed by atoms with E-state index in [1.807, 2.05) is 6.07 Å². The summed E-state index contributed by atoms with van der Waals surface area (Å²) in [5.41, 5.74) is 3.31. The number of hydrogen-bond acceptors (Lipinski definition) is 4. The second-order valence-corrected chi connectivity index (χ2v) is 7.52. The van der Waals surface area contributed by atoms with Crippen LogP contribution in [0.3, 0.4) is 0 Å². The minimum Gasteiger partial charge on any atom is -0.423 e. The number of fused-ring (bicyclic) bond motifs is 1. The van der Waals surface area contributed by atoms with Crippen LogP contribution < -0.4 is 10.9 Å². The molecule has 1 N–H and O–H groups in total. The monoisotopic (exact) mass is 326 g/mol. The molecular formula is C20H26N2O2. The highest BCUT2D eigenvalue weighted by molar-refractivity contribution is 5.80. The Bertz CT molecular complexity index is 790. The van der Waals surface area contributed by atoms with E-state index >= 15 is 0 Å². The van der Waals surface area contributed by atoms with Gasteiger partial charge in [-0.15, -0.1) is 0 Å². The topological polar surface area (TPSA) is 45.5 Å². The van der Waals surface area contributed by atoms with Crippen molar-refractivity contribution in [2.45, 2.75) is 39.2 Å². The molecule has 1 aromatic carbocycles. The molecule has 4 nitrogen and oxygen atoms in total. The average Bonchev–Trinajstić information content (AvgIpc) is 3.02. The second kappa shape index (κ2) is 6.34. The van der Waals surface area contributed by atoms with Gasteiger partial charge in [-0.1, -0.05) is 13.0 Å². The molecule has 24 heavy (non-hydrogen) atoms. The molecule has 1 aromatic heterocycles. The van der Waals surface area contributed by atoms with Crippen LogP contribution in [0.15, 0.2) is 33.5 Å². The smallest absolute Gasteiger partial charge is 0.336 e. The molecule has 128 valence electrons. The molecule has 0 saturated carbocycles. The van der Waals surface area contributed by atoms with Crippen LogP contribution in [0.2, 0.25) is 0 Å². The van der Waals surface area contributed by atoms with Crippen LogP contribution >= 0.6 is 0 Å². The fourth-order valence-electron chi connectivity index (χ4n) is 4.46. The second-order valence-electron chi connectivity index (χ2n) is 7.52. The van der Waals surface area contributed by atoms with Crippen molar-refractivity contribution in [1.82, 2.24) is 10.2 Å². The third kappa shape index (κ3) is 3.01. The maximum atomic E-state index is 12.0. The summed E-state index contributed by atoms with van der Waals surface area (Å²) in [4.78, 5) is 14.5. The van der Waals surface area contributed by atoms with E-state index in [-0.39, 0.29) is 5.63 Å². The number of likely N-dealkylation sites (tertiary alicyclic amines) is 1. The van der Waals surface area contributed by atoms with Gasteiger partial charge in [-0.3, -0.25) is 4.90 Å². The summed E-state index contributed by atoms with van der Waals surface area (Å²) in [6, 6.07) is 7.87. The van der Waals surface area contributed by atoms with Gasteiger partial charge < -0.3 is 9.73 Å². The molecule has 2 saturated heterocycles. The molecule has 2 fully saturated rings. The van der Waals surface area contributed by atoms with Crippen molar-refractivity contribution in [2.75, 3.05) is 26.2 Å². The van der Waals surface area contributed by atoms with Crippen molar-refractivity contribution in [3.63, 3.8) is 0 Å². The number of nitrogens with zero attached hydrogens (tertiary/aromatic N) is 1. The van der Waals surface area contributed by atoms with Gasteiger partial charge in [0.05, 0.1) is 0 Å². The van der Waals surface area contributed by atoms with Crippen LogP contribution in [0.4, 0.5) is 0 Å². The number of nitrogens with one attached hydrogen (secondary N) is 1. The summed E-state index contributed by atoms with van der Waals surface area (Å²) < 4.78 is 5.40. The number of benzene rings is 1. The Morgan fingerprint density at radius 2 is 2.21 bits per heavy atom. The largest absolute Gasteiger partial charge is 0.423 e. The van der Waals surface area contributed by atoms with Crippen molar-refractivity contribution >= 4 is 11.0 Å². The van der Waals surface area contributed by atoms with Gasteiger partial charge in [-0.25, -0.2) is 4.79 Å². The number of aryl methyl sites for hydroxylation is 1. The lowest BCUT2D eigenvalue weighted by atomic mass is 9.79. The summed E-state index contributed by atoms with van der Waals surface area (Å²) in [6.07, 6.45) is 4.85. The van der Waals surface area contributed by atoms with Gasteiger partial charge >= 0.3 is 5.63 Å². The van der Waals surface area contributed by atoms with Crippen LogP contribution in [0.1, 0.15) is 37.3 Å². The lowest BCUT2D eigenvalue weighted by molar-refractivity contribution is 0.0980. The number of piperidine rings is 1. The first-order valence-electron chi connectivity index (χ1n) is 9.16. The molecule has 2 aliphatic rings. The molecule has 0 aliphatic carbocycles. The zero-order chi connectivity index (χ0) is 16.6. The van der Waals surface area contributed by atoms with Crippen LogP contribution in [0, 0.1) is 5.41 Å². The number of rotatable bonds is 3. The minimum atomic E-state index is -0.240. The molecule has 2 aliphatic heterocycles. The summed E-state index contributed by atoms with van der Waals surface area (Å²) >= 11 is 0. The van der Waals surface area contributed by atoms with Crippen molar-refractivity contribution in [3.8, 4) is 0 Å². The molecule has 1 spiro atoms. The van der Waals surface area contributed by atoms with Crippen molar-refractivity contribution in [2.24, 2.45) is 5.41 Å².